The summed E-state index contributed by atoms with van der Waals surface area (Å²) < 4.78 is 0. The predicted molar refractivity (Wildman–Crippen MR) is 93.4 cm³/mol. The zero-order valence-corrected chi connectivity index (χ0v) is 15.8. The summed E-state index contributed by atoms with van der Waals surface area (Å²) in [4.78, 5) is 0. The molecular formula is C19H16AuClP. The molecule has 1 atom stereocenters. The molecule has 0 fully saturated rings. The van der Waals surface area contributed by atoms with Crippen molar-refractivity contribution < 1.29 is 22.4 Å². The van der Waals surface area contributed by atoms with Crippen molar-refractivity contribution in [1.82, 2.24) is 0 Å². The van der Waals surface area contributed by atoms with Crippen molar-refractivity contribution in [3.63, 3.8) is 0 Å². The average molecular weight is 508 g/mol. The van der Waals surface area contributed by atoms with Gasteiger partial charge in [0.15, 0.2) is 0 Å². The molecule has 0 nitrogen and oxygen atoms in total. The van der Waals surface area contributed by atoms with Crippen LogP contribution in [0.3, 0.4) is 0 Å². The van der Waals surface area contributed by atoms with E-state index in [1.54, 1.807) is 0 Å². The average Bonchev–Trinajstić information content (AvgIpc) is 2.59. The Labute approximate surface area is 154 Å². The molecule has 3 heteroatoms. The SMILES string of the molecule is ClPC(c1ccccc1)(c1ccccc1)c1ccccc1.[Au]. The van der Waals surface area contributed by atoms with Crippen molar-refractivity contribution in [2.45, 2.75) is 5.16 Å². The second-order valence-electron chi connectivity index (χ2n) is 4.94. The molecule has 0 aliphatic heterocycles. The van der Waals surface area contributed by atoms with Crippen LogP contribution in [-0.4, -0.2) is 0 Å². The van der Waals surface area contributed by atoms with Gasteiger partial charge in [0, 0.05) is 22.4 Å². The third-order valence-corrected chi connectivity index (χ3v) is 5.76. The third-order valence-electron chi connectivity index (χ3n) is 3.76. The van der Waals surface area contributed by atoms with Crippen LogP contribution in [0.5, 0.6) is 0 Å². The summed E-state index contributed by atoms with van der Waals surface area (Å²) >= 11 is 6.56. The number of hydrogen-bond acceptors (Lipinski definition) is 0. The predicted octanol–water partition coefficient (Wildman–Crippen LogP) is 5.81. The first-order valence-corrected chi connectivity index (χ1v) is 8.93. The minimum absolute atomic E-state index is 0. The summed E-state index contributed by atoms with van der Waals surface area (Å²) in [6.45, 7) is 0. The molecule has 1 radical (unpaired) electrons. The molecular weight excluding hydrogens is 492 g/mol. The molecule has 22 heavy (non-hydrogen) atoms. The maximum absolute atomic E-state index is 6.56. The number of halogens is 1. The second kappa shape index (κ2) is 8.11. The standard InChI is InChI=1S/C19H16ClP.Au/c20-21-19(16-10-4-1-5-11-16,17-12-6-2-7-13-17)18-14-8-3-9-15-18;/h1-15,21H;. The van der Waals surface area contributed by atoms with Gasteiger partial charge in [0.1, 0.15) is 0 Å². The Morgan fingerprint density at radius 1 is 0.545 bits per heavy atom. The summed E-state index contributed by atoms with van der Waals surface area (Å²) in [5.74, 6) is 0. The van der Waals surface area contributed by atoms with Gasteiger partial charge in [-0.05, 0) is 24.6 Å². The van der Waals surface area contributed by atoms with Crippen LogP contribution in [0.4, 0.5) is 0 Å². The van der Waals surface area contributed by atoms with Gasteiger partial charge in [0.05, 0.1) is 5.16 Å². The van der Waals surface area contributed by atoms with Crippen LogP contribution in [0, 0.1) is 0 Å². The summed E-state index contributed by atoms with van der Waals surface area (Å²) in [7, 11) is 0.224. The first-order valence-electron chi connectivity index (χ1n) is 6.92. The number of hydrogen-bond donors (Lipinski definition) is 0. The summed E-state index contributed by atoms with van der Waals surface area (Å²) in [6, 6.07) is 31.6. The van der Waals surface area contributed by atoms with E-state index in [0.29, 0.717) is 0 Å². The monoisotopic (exact) mass is 507 g/mol. The van der Waals surface area contributed by atoms with Crippen LogP contribution in [0.2, 0.25) is 0 Å². The Kier molecular flexibility index (Phi) is 6.44. The number of benzene rings is 3. The largest absolute Gasteiger partial charge is 0.0984 e. The van der Waals surface area contributed by atoms with Crippen molar-refractivity contribution in [2.75, 3.05) is 0 Å². The van der Waals surface area contributed by atoms with Crippen molar-refractivity contribution in [1.29, 1.82) is 0 Å². The topological polar surface area (TPSA) is 0 Å². The molecule has 1 unspecified atom stereocenters. The van der Waals surface area contributed by atoms with Crippen LogP contribution in [0.15, 0.2) is 91.0 Å². The summed E-state index contributed by atoms with van der Waals surface area (Å²) in [5, 5.41) is -0.286. The van der Waals surface area contributed by atoms with E-state index in [4.69, 9.17) is 11.2 Å². The molecule has 0 saturated carbocycles. The van der Waals surface area contributed by atoms with Gasteiger partial charge in [0.25, 0.3) is 0 Å². The Morgan fingerprint density at radius 3 is 1.05 bits per heavy atom. The first kappa shape index (κ1) is 17.5. The molecule has 3 aromatic rings. The van der Waals surface area contributed by atoms with E-state index < -0.39 is 0 Å². The van der Waals surface area contributed by atoms with Crippen molar-refractivity contribution in [3.05, 3.63) is 108 Å². The van der Waals surface area contributed by atoms with Gasteiger partial charge in [-0.3, -0.25) is 0 Å². The number of rotatable bonds is 4. The molecule has 0 aliphatic rings. The summed E-state index contributed by atoms with van der Waals surface area (Å²) in [6.07, 6.45) is 0. The van der Waals surface area contributed by atoms with Crippen LogP contribution >= 0.6 is 19.2 Å². The van der Waals surface area contributed by atoms with E-state index in [0.717, 1.165) is 0 Å². The van der Waals surface area contributed by atoms with Crippen LogP contribution in [0.25, 0.3) is 0 Å². The fraction of sp³-hybridized carbons (Fsp3) is 0.0526. The molecule has 115 valence electrons. The molecule has 0 saturated heterocycles. The van der Waals surface area contributed by atoms with Crippen molar-refractivity contribution in [3.8, 4) is 0 Å². The first-order chi connectivity index (χ1) is 10.4. The normalized spacial score (nSPS) is 11.3. The molecule has 0 bridgehead atoms. The molecule has 0 aromatic heterocycles. The Hall–Kier alpha value is -0.880. The van der Waals surface area contributed by atoms with Crippen LogP contribution < -0.4 is 0 Å². The van der Waals surface area contributed by atoms with E-state index in [1.807, 2.05) is 18.2 Å². The van der Waals surface area contributed by atoms with E-state index in [2.05, 4.69) is 72.8 Å². The fourth-order valence-electron chi connectivity index (χ4n) is 2.73. The van der Waals surface area contributed by atoms with Crippen LogP contribution in [-0.2, 0) is 27.5 Å². The molecule has 0 spiro atoms. The Morgan fingerprint density at radius 2 is 0.818 bits per heavy atom. The van der Waals surface area contributed by atoms with E-state index in [-0.39, 0.29) is 35.5 Å². The van der Waals surface area contributed by atoms with Gasteiger partial charge >= 0.3 is 0 Å². The Balaban J connectivity index is 0.00000176. The minimum atomic E-state index is -0.286. The quantitative estimate of drug-likeness (QED) is 0.238. The van der Waals surface area contributed by atoms with E-state index in [1.165, 1.54) is 16.7 Å². The van der Waals surface area contributed by atoms with Gasteiger partial charge < -0.3 is 0 Å². The Bertz CT molecular complexity index is 590. The summed E-state index contributed by atoms with van der Waals surface area (Å²) in [5.41, 5.74) is 3.70. The second-order valence-corrected chi connectivity index (χ2v) is 6.45. The van der Waals surface area contributed by atoms with Gasteiger partial charge in [0.2, 0.25) is 0 Å². The maximum Gasteiger partial charge on any atom is 0.0763 e. The smallest absolute Gasteiger partial charge is 0.0763 e. The van der Waals surface area contributed by atoms with Gasteiger partial charge in [-0.2, -0.15) is 0 Å². The molecule has 3 rings (SSSR count). The molecule has 3 aromatic carbocycles. The van der Waals surface area contributed by atoms with E-state index >= 15 is 0 Å². The van der Waals surface area contributed by atoms with Gasteiger partial charge in [-0.15, -0.1) is 0 Å². The van der Waals surface area contributed by atoms with Crippen LogP contribution in [0.1, 0.15) is 16.7 Å². The van der Waals surface area contributed by atoms with Gasteiger partial charge in [-0.1, -0.05) is 102 Å². The van der Waals surface area contributed by atoms with Crippen molar-refractivity contribution in [2.24, 2.45) is 0 Å². The molecule has 0 aliphatic carbocycles. The minimum Gasteiger partial charge on any atom is -0.0984 e. The zero-order chi connectivity index (χ0) is 14.5. The zero-order valence-electron chi connectivity index (χ0n) is 11.8. The third kappa shape index (κ3) is 3.23. The van der Waals surface area contributed by atoms with Gasteiger partial charge in [-0.25, -0.2) is 0 Å². The van der Waals surface area contributed by atoms with E-state index in [9.17, 15) is 0 Å². The molecule has 0 heterocycles. The fourth-order valence-corrected chi connectivity index (χ4v) is 4.54. The maximum atomic E-state index is 6.56. The molecule has 0 amide bonds. The van der Waals surface area contributed by atoms with Crippen molar-refractivity contribution >= 4 is 19.2 Å². The molecule has 0 N–H and O–H groups in total.